The smallest absolute Gasteiger partial charge is 0.196 e. The molecule has 0 fully saturated rings. The maximum absolute atomic E-state index is 5.80. The number of halogens is 1. The van der Waals surface area contributed by atoms with Crippen LogP contribution < -0.4 is 24.8 Å². The molecular formula is C24H34IN3O5. The number of aliphatic imine (C=N–C) groups is 1. The summed E-state index contributed by atoms with van der Waals surface area (Å²) in [7, 11) is 3.33. The third-order valence-electron chi connectivity index (χ3n) is 4.78. The van der Waals surface area contributed by atoms with Gasteiger partial charge in [0.25, 0.3) is 0 Å². The molecule has 1 aliphatic rings. The molecule has 9 heteroatoms. The van der Waals surface area contributed by atoms with E-state index in [4.69, 9.17) is 28.7 Å². The van der Waals surface area contributed by atoms with Crippen LogP contribution in [0.15, 0.2) is 47.5 Å². The van der Waals surface area contributed by atoms with Crippen LogP contribution in [0.5, 0.6) is 17.2 Å². The van der Waals surface area contributed by atoms with E-state index in [0.29, 0.717) is 45.5 Å². The molecule has 2 aromatic carbocycles. The van der Waals surface area contributed by atoms with Gasteiger partial charge in [0.1, 0.15) is 5.75 Å². The molecule has 0 atom stereocenters. The van der Waals surface area contributed by atoms with Crippen molar-refractivity contribution in [2.75, 3.05) is 59.1 Å². The Hall–Kier alpha value is -2.24. The van der Waals surface area contributed by atoms with Crippen LogP contribution in [-0.4, -0.2) is 59.8 Å². The van der Waals surface area contributed by atoms with Gasteiger partial charge in [0.15, 0.2) is 17.5 Å². The lowest BCUT2D eigenvalue weighted by Gasteiger charge is -2.15. The summed E-state index contributed by atoms with van der Waals surface area (Å²) in [5.41, 5.74) is 1.97. The van der Waals surface area contributed by atoms with Crippen molar-refractivity contribution >= 4 is 35.6 Å². The molecule has 2 aromatic rings. The number of rotatable bonds is 11. The summed E-state index contributed by atoms with van der Waals surface area (Å²) >= 11 is 0. The van der Waals surface area contributed by atoms with E-state index in [2.05, 4.69) is 10.6 Å². The van der Waals surface area contributed by atoms with Crippen molar-refractivity contribution < 1.29 is 23.7 Å². The maximum atomic E-state index is 5.80. The van der Waals surface area contributed by atoms with E-state index in [-0.39, 0.29) is 24.0 Å². The van der Waals surface area contributed by atoms with Crippen LogP contribution >= 0.6 is 24.0 Å². The summed E-state index contributed by atoms with van der Waals surface area (Å²) in [6.07, 6.45) is 1.73. The van der Waals surface area contributed by atoms with Crippen LogP contribution in [0.2, 0.25) is 0 Å². The molecule has 0 radical (unpaired) electrons. The van der Waals surface area contributed by atoms with Gasteiger partial charge >= 0.3 is 0 Å². The maximum Gasteiger partial charge on any atom is 0.196 e. The summed E-state index contributed by atoms with van der Waals surface area (Å²) in [4.78, 5) is 4.74. The molecular weight excluding hydrogens is 537 g/mol. The highest BCUT2D eigenvalue weighted by molar-refractivity contribution is 14.0. The van der Waals surface area contributed by atoms with Gasteiger partial charge in [0.2, 0.25) is 0 Å². The molecule has 0 saturated heterocycles. The molecule has 0 spiro atoms. The van der Waals surface area contributed by atoms with Gasteiger partial charge in [0.05, 0.1) is 40.1 Å². The Morgan fingerprint density at radius 1 is 0.970 bits per heavy atom. The molecule has 0 unspecified atom stereocenters. The molecule has 182 valence electrons. The molecule has 2 N–H and O–H groups in total. The largest absolute Gasteiger partial charge is 0.497 e. The molecule has 0 aliphatic carbocycles. The lowest BCUT2D eigenvalue weighted by atomic mass is 10.2. The number of anilines is 1. The average Bonchev–Trinajstić information content (AvgIpc) is 3.07. The summed E-state index contributed by atoms with van der Waals surface area (Å²) in [5.74, 6) is 3.03. The van der Waals surface area contributed by atoms with Gasteiger partial charge in [0, 0.05) is 38.4 Å². The van der Waals surface area contributed by atoms with Crippen molar-refractivity contribution in [3.63, 3.8) is 0 Å². The van der Waals surface area contributed by atoms with Gasteiger partial charge in [-0.1, -0.05) is 12.1 Å². The Balaban J connectivity index is 0.00000385. The van der Waals surface area contributed by atoms with Crippen LogP contribution in [0.3, 0.4) is 0 Å². The van der Waals surface area contributed by atoms with Gasteiger partial charge in [-0.25, -0.2) is 4.99 Å². The zero-order chi connectivity index (χ0) is 22.4. The minimum Gasteiger partial charge on any atom is -0.497 e. The highest BCUT2D eigenvalue weighted by atomic mass is 127. The number of hydrogen-bond donors (Lipinski definition) is 2. The number of guanidine groups is 1. The van der Waals surface area contributed by atoms with E-state index in [1.54, 1.807) is 14.2 Å². The van der Waals surface area contributed by atoms with E-state index in [1.807, 2.05) is 42.5 Å². The molecule has 1 aliphatic heterocycles. The molecule has 1 heterocycles. The third kappa shape index (κ3) is 9.65. The number of ether oxygens (including phenoxy) is 5. The zero-order valence-electron chi connectivity index (χ0n) is 19.3. The molecule has 8 nitrogen and oxygen atoms in total. The predicted molar refractivity (Wildman–Crippen MR) is 141 cm³/mol. The van der Waals surface area contributed by atoms with E-state index >= 15 is 0 Å². The Morgan fingerprint density at radius 2 is 1.76 bits per heavy atom. The SMILES string of the molecule is COCCOCCCNC(=NCc1ccc(OC)cc1)Nc1ccc2c(c1)OCCCO2.I. The van der Waals surface area contributed by atoms with E-state index in [0.717, 1.165) is 47.9 Å². The minimum absolute atomic E-state index is 0. The number of fused-ring (bicyclic) bond motifs is 1. The Morgan fingerprint density at radius 3 is 2.52 bits per heavy atom. The van der Waals surface area contributed by atoms with Crippen LogP contribution in [0, 0.1) is 0 Å². The number of methoxy groups -OCH3 is 2. The van der Waals surface area contributed by atoms with E-state index in [9.17, 15) is 0 Å². The Bertz CT molecular complexity index is 848. The van der Waals surface area contributed by atoms with Crippen molar-refractivity contribution in [2.45, 2.75) is 19.4 Å². The van der Waals surface area contributed by atoms with Gasteiger partial charge in [-0.3, -0.25) is 0 Å². The normalized spacial score (nSPS) is 13.0. The standard InChI is InChI=1S/C24H33N3O5.HI/c1-28-15-16-30-12-3-11-25-24(26-18-19-5-8-21(29-2)9-6-19)27-20-7-10-22-23(17-20)32-14-4-13-31-22;/h5-10,17H,3-4,11-16,18H2,1-2H3,(H2,25,26,27);1H. The summed E-state index contributed by atoms with van der Waals surface area (Å²) in [6, 6.07) is 13.7. The first-order valence-corrected chi connectivity index (χ1v) is 10.9. The molecule has 33 heavy (non-hydrogen) atoms. The number of nitrogens with zero attached hydrogens (tertiary/aromatic N) is 1. The second kappa shape index (κ2) is 15.6. The Kier molecular flexibility index (Phi) is 12.7. The minimum atomic E-state index is 0. The highest BCUT2D eigenvalue weighted by Gasteiger charge is 2.11. The number of hydrogen-bond acceptors (Lipinski definition) is 6. The van der Waals surface area contributed by atoms with Crippen molar-refractivity contribution in [1.29, 1.82) is 0 Å². The van der Waals surface area contributed by atoms with Gasteiger partial charge in [-0.15, -0.1) is 24.0 Å². The zero-order valence-corrected chi connectivity index (χ0v) is 21.6. The topological polar surface area (TPSA) is 82.6 Å². The van der Waals surface area contributed by atoms with E-state index < -0.39 is 0 Å². The van der Waals surface area contributed by atoms with Crippen LogP contribution in [0.4, 0.5) is 5.69 Å². The summed E-state index contributed by atoms with van der Waals surface area (Å²) in [6.45, 7) is 4.45. The number of benzene rings is 2. The first-order chi connectivity index (χ1) is 15.8. The van der Waals surface area contributed by atoms with Gasteiger partial charge in [-0.05, 0) is 36.2 Å². The molecule has 0 aromatic heterocycles. The molecule has 0 saturated carbocycles. The summed E-state index contributed by atoms with van der Waals surface area (Å²) in [5, 5.41) is 6.75. The van der Waals surface area contributed by atoms with Crippen molar-refractivity contribution in [3.8, 4) is 17.2 Å². The number of nitrogens with one attached hydrogen (secondary N) is 2. The fourth-order valence-electron chi connectivity index (χ4n) is 3.04. The average molecular weight is 571 g/mol. The second-order valence-electron chi connectivity index (χ2n) is 7.24. The lowest BCUT2D eigenvalue weighted by Crippen LogP contribution is -2.32. The molecule has 0 amide bonds. The molecule has 3 rings (SSSR count). The van der Waals surface area contributed by atoms with Gasteiger partial charge in [-0.2, -0.15) is 0 Å². The van der Waals surface area contributed by atoms with Crippen molar-refractivity contribution in [2.24, 2.45) is 4.99 Å². The fraction of sp³-hybridized carbons (Fsp3) is 0.458. The van der Waals surface area contributed by atoms with Gasteiger partial charge < -0.3 is 34.3 Å². The highest BCUT2D eigenvalue weighted by Crippen LogP contribution is 2.32. The predicted octanol–water partition coefficient (Wildman–Crippen LogP) is 4.09. The van der Waals surface area contributed by atoms with Crippen LogP contribution in [0.1, 0.15) is 18.4 Å². The Labute approximate surface area is 213 Å². The fourth-order valence-corrected chi connectivity index (χ4v) is 3.04. The van der Waals surface area contributed by atoms with Crippen molar-refractivity contribution in [3.05, 3.63) is 48.0 Å². The first kappa shape index (κ1) is 27.0. The van der Waals surface area contributed by atoms with Crippen LogP contribution in [-0.2, 0) is 16.0 Å². The lowest BCUT2D eigenvalue weighted by molar-refractivity contribution is 0.0699. The second-order valence-corrected chi connectivity index (χ2v) is 7.24. The van der Waals surface area contributed by atoms with E-state index in [1.165, 1.54) is 0 Å². The quantitative estimate of drug-likeness (QED) is 0.182. The van der Waals surface area contributed by atoms with Crippen LogP contribution in [0.25, 0.3) is 0 Å². The summed E-state index contributed by atoms with van der Waals surface area (Å²) < 4.78 is 27.3. The third-order valence-corrected chi connectivity index (χ3v) is 4.78. The first-order valence-electron chi connectivity index (χ1n) is 10.9. The monoisotopic (exact) mass is 571 g/mol. The molecule has 0 bridgehead atoms. The van der Waals surface area contributed by atoms with Crippen molar-refractivity contribution in [1.82, 2.24) is 5.32 Å².